The second kappa shape index (κ2) is 5.52. The number of nitrogens with zero attached hydrogens (tertiary/aromatic N) is 1. The number of hydrogen-bond donors (Lipinski definition) is 1. The van der Waals surface area contributed by atoms with E-state index >= 15 is 0 Å². The predicted molar refractivity (Wildman–Crippen MR) is 68.9 cm³/mol. The Labute approximate surface area is 107 Å². The van der Waals surface area contributed by atoms with E-state index in [1.165, 1.54) is 0 Å². The molecule has 92 valence electrons. The van der Waals surface area contributed by atoms with Crippen LogP contribution in [0.1, 0.15) is 12.0 Å². The van der Waals surface area contributed by atoms with E-state index in [-0.39, 0.29) is 11.8 Å². The SMILES string of the molecule is CN1CCC(C(=O)NCc2ccc(Cl)cc2)C1. The molecular weight excluding hydrogens is 236 g/mol. The maximum absolute atomic E-state index is 11.9. The molecule has 17 heavy (non-hydrogen) atoms. The summed E-state index contributed by atoms with van der Waals surface area (Å²) in [6.07, 6.45) is 0.961. The molecule has 0 aliphatic carbocycles. The Morgan fingerprint density at radius 2 is 2.18 bits per heavy atom. The van der Waals surface area contributed by atoms with Gasteiger partial charge in [-0.25, -0.2) is 0 Å². The Kier molecular flexibility index (Phi) is 4.02. The zero-order valence-electron chi connectivity index (χ0n) is 9.95. The molecule has 1 aliphatic rings. The minimum Gasteiger partial charge on any atom is -0.352 e. The van der Waals surface area contributed by atoms with Gasteiger partial charge in [0.1, 0.15) is 0 Å². The first-order chi connectivity index (χ1) is 8.15. The Balaban J connectivity index is 1.82. The first-order valence-corrected chi connectivity index (χ1v) is 6.23. The number of hydrogen-bond acceptors (Lipinski definition) is 2. The van der Waals surface area contributed by atoms with E-state index in [2.05, 4.69) is 10.2 Å². The van der Waals surface area contributed by atoms with Crippen LogP contribution in [0, 0.1) is 5.92 Å². The quantitative estimate of drug-likeness (QED) is 0.891. The standard InChI is InChI=1S/C13H17ClN2O/c1-16-7-6-11(9-16)13(17)15-8-10-2-4-12(14)5-3-10/h2-5,11H,6-9H2,1H3,(H,15,17). The van der Waals surface area contributed by atoms with E-state index in [9.17, 15) is 4.79 Å². The van der Waals surface area contributed by atoms with Gasteiger partial charge in [0.25, 0.3) is 0 Å². The van der Waals surface area contributed by atoms with Crippen molar-refractivity contribution in [1.29, 1.82) is 0 Å². The van der Waals surface area contributed by atoms with Crippen LogP contribution in [0.3, 0.4) is 0 Å². The highest BCUT2D eigenvalue weighted by Crippen LogP contribution is 2.14. The minimum atomic E-state index is 0.146. The van der Waals surface area contributed by atoms with E-state index in [4.69, 9.17) is 11.6 Å². The van der Waals surface area contributed by atoms with Gasteiger partial charge in [-0.05, 0) is 37.7 Å². The molecule has 1 fully saturated rings. The molecule has 1 atom stereocenters. The van der Waals surface area contributed by atoms with E-state index in [0.29, 0.717) is 6.54 Å². The normalized spacial score (nSPS) is 20.5. The molecule has 1 aromatic carbocycles. The van der Waals surface area contributed by atoms with Crippen LogP contribution >= 0.6 is 11.6 Å². The lowest BCUT2D eigenvalue weighted by molar-refractivity contribution is -0.124. The van der Waals surface area contributed by atoms with Crippen molar-refractivity contribution in [2.45, 2.75) is 13.0 Å². The molecule has 0 saturated carbocycles. The third-order valence-corrected chi connectivity index (χ3v) is 3.39. The molecule has 1 heterocycles. The fourth-order valence-corrected chi connectivity index (χ4v) is 2.21. The Morgan fingerprint density at radius 1 is 1.47 bits per heavy atom. The highest BCUT2D eigenvalue weighted by atomic mass is 35.5. The van der Waals surface area contributed by atoms with Gasteiger partial charge in [0.05, 0.1) is 5.92 Å². The first kappa shape index (κ1) is 12.4. The van der Waals surface area contributed by atoms with Crippen molar-refractivity contribution in [2.24, 2.45) is 5.92 Å². The molecule has 3 nitrogen and oxygen atoms in total. The van der Waals surface area contributed by atoms with Gasteiger partial charge in [0.15, 0.2) is 0 Å². The summed E-state index contributed by atoms with van der Waals surface area (Å²) in [5.74, 6) is 0.302. The number of rotatable bonds is 3. The van der Waals surface area contributed by atoms with Gasteiger partial charge < -0.3 is 10.2 Å². The summed E-state index contributed by atoms with van der Waals surface area (Å²) in [7, 11) is 2.05. The lowest BCUT2D eigenvalue weighted by Crippen LogP contribution is -2.31. The summed E-state index contributed by atoms with van der Waals surface area (Å²) in [6.45, 7) is 2.46. The Bertz CT molecular complexity index is 391. The molecule has 1 aromatic rings. The molecule has 0 spiro atoms. The smallest absolute Gasteiger partial charge is 0.224 e. The number of nitrogens with one attached hydrogen (secondary N) is 1. The van der Waals surface area contributed by atoms with Crippen LogP contribution in [-0.4, -0.2) is 30.9 Å². The summed E-state index contributed by atoms with van der Waals surface area (Å²) in [6, 6.07) is 7.55. The van der Waals surface area contributed by atoms with Crippen molar-refractivity contribution in [3.05, 3.63) is 34.9 Å². The molecule has 1 amide bonds. The van der Waals surface area contributed by atoms with Gasteiger partial charge in [-0.1, -0.05) is 23.7 Å². The van der Waals surface area contributed by atoms with Crippen LogP contribution in [-0.2, 0) is 11.3 Å². The lowest BCUT2D eigenvalue weighted by atomic mass is 10.1. The Morgan fingerprint density at radius 3 is 2.76 bits per heavy atom. The highest BCUT2D eigenvalue weighted by Gasteiger charge is 2.25. The van der Waals surface area contributed by atoms with Crippen LogP contribution in [0.2, 0.25) is 5.02 Å². The largest absolute Gasteiger partial charge is 0.352 e. The number of likely N-dealkylation sites (tertiary alicyclic amines) is 1. The second-order valence-electron chi connectivity index (χ2n) is 4.59. The number of carbonyl (C=O) groups is 1. The summed E-state index contributed by atoms with van der Waals surface area (Å²) < 4.78 is 0. The van der Waals surface area contributed by atoms with Crippen LogP contribution in [0.15, 0.2) is 24.3 Å². The van der Waals surface area contributed by atoms with E-state index in [0.717, 1.165) is 30.1 Å². The maximum Gasteiger partial charge on any atom is 0.224 e. The number of halogens is 1. The topological polar surface area (TPSA) is 32.3 Å². The molecule has 1 aliphatic heterocycles. The van der Waals surface area contributed by atoms with Crippen molar-refractivity contribution >= 4 is 17.5 Å². The molecule has 1 N–H and O–H groups in total. The summed E-state index contributed by atoms with van der Waals surface area (Å²) in [5, 5.41) is 3.69. The minimum absolute atomic E-state index is 0.146. The van der Waals surface area contributed by atoms with Crippen LogP contribution in [0.5, 0.6) is 0 Å². The van der Waals surface area contributed by atoms with E-state index < -0.39 is 0 Å². The fourth-order valence-electron chi connectivity index (χ4n) is 2.08. The average Bonchev–Trinajstić information content (AvgIpc) is 2.75. The summed E-state index contributed by atoms with van der Waals surface area (Å²) in [4.78, 5) is 14.1. The summed E-state index contributed by atoms with van der Waals surface area (Å²) >= 11 is 5.80. The van der Waals surface area contributed by atoms with Crippen LogP contribution in [0.25, 0.3) is 0 Å². The van der Waals surface area contributed by atoms with Crippen molar-refractivity contribution in [3.63, 3.8) is 0 Å². The lowest BCUT2D eigenvalue weighted by Gasteiger charge is -2.11. The summed E-state index contributed by atoms with van der Waals surface area (Å²) in [5.41, 5.74) is 1.08. The van der Waals surface area contributed by atoms with Gasteiger partial charge in [-0.2, -0.15) is 0 Å². The molecule has 4 heteroatoms. The highest BCUT2D eigenvalue weighted by molar-refractivity contribution is 6.30. The number of amides is 1. The zero-order chi connectivity index (χ0) is 12.3. The predicted octanol–water partition coefficient (Wildman–Crippen LogP) is 1.91. The van der Waals surface area contributed by atoms with Gasteiger partial charge in [-0.3, -0.25) is 4.79 Å². The molecular formula is C13H17ClN2O. The molecule has 0 bridgehead atoms. The van der Waals surface area contributed by atoms with Crippen LogP contribution in [0.4, 0.5) is 0 Å². The monoisotopic (exact) mass is 252 g/mol. The van der Waals surface area contributed by atoms with Crippen LogP contribution < -0.4 is 5.32 Å². The van der Waals surface area contributed by atoms with Gasteiger partial charge in [-0.15, -0.1) is 0 Å². The maximum atomic E-state index is 11.9. The molecule has 2 rings (SSSR count). The van der Waals surface area contributed by atoms with Gasteiger partial charge >= 0.3 is 0 Å². The molecule has 0 aromatic heterocycles. The third kappa shape index (κ3) is 3.45. The molecule has 1 saturated heterocycles. The van der Waals surface area contributed by atoms with E-state index in [1.807, 2.05) is 31.3 Å². The van der Waals surface area contributed by atoms with Gasteiger partial charge in [0, 0.05) is 18.1 Å². The van der Waals surface area contributed by atoms with Crippen molar-refractivity contribution < 1.29 is 4.79 Å². The third-order valence-electron chi connectivity index (χ3n) is 3.14. The Hall–Kier alpha value is -1.06. The van der Waals surface area contributed by atoms with Gasteiger partial charge in [0.2, 0.25) is 5.91 Å². The molecule has 1 unspecified atom stereocenters. The second-order valence-corrected chi connectivity index (χ2v) is 5.03. The number of carbonyl (C=O) groups excluding carboxylic acids is 1. The average molecular weight is 253 g/mol. The first-order valence-electron chi connectivity index (χ1n) is 5.86. The number of benzene rings is 1. The van der Waals surface area contributed by atoms with Crippen molar-refractivity contribution in [3.8, 4) is 0 Å². The van der Waals surface area contributed by atoms with Crippen molar-refractivity contribution in [1.82, 2.24) is 10.2 Å². The fraction of sp³-hybridized carbons (Fsp3) is 0.462. The molecule has 0 radical (unpaired) electrons. The van der Waals surface area contributed by atoms with E-state index in [1.54, 1.807) is 0 Å². The zero-order valence-corrected chi connectivity index (χ0v) is 10.7. The van der Waals surface area contributed by atoms with Crippen molar-refractivity contribution in [2.75, 3.05) is 20.1 Å².